The number of halogens is 2. The second-order valence-corrected chi connectivity index (χ2v) is 4.49. The Hall–Kier alpha value is -0.560. The van der Waals surface area contributed by atoms with Crippen LogP contribution in [0.1, 0.15) is 31.4 Å². The minimum atomic E-state index is -0.0659. The number of aryl methyl sites for hydroxylation is 1. The Morgan fingerprint density at radius 2 is 1.94 bits per heavy atom. The Morgan fingerprint density at radius 3 is 2.56 bits per heavy atom. The van der Waals surface area contributed by atoms with Crippen LogP contribution in [-0.4, -0.2) is 17.5 Å². The third-order valence-corrected chi connectivity index (χ3v) is 2.99. The molecule has 0 atom stereocenters. The topological polar surface area (TPSA) is 101 Å². The van der Waals surface area contributed by atoms with Crippen LogP contribution in [0.25, 0.3) is 0 Å². The summed E-state index contributed by atoms with van der Waals surface area (Å²) in [6.07, 6.45) is 5.63. The first kappa shape index (κ1) is 19.8. The predicted octanol–water partition coefficient (Wildman–Crippen LogP) is 2.35. The second-order valence-electron chi connectivity index (χ2n) is 3.64. The van der Waals surface area contributed by atoms with Crippen molar-refractivity contribution < 1.29 is 0 Å². The van der Waals surface area contributed by atoms with Crippen LogP contribution in [0.4, 0.5) is 5.13 Å². The van der Waals surface area contributed by atoms with E-state index in [2.05, 4.69) is 10.3 Å². The molecule has 0 radical (unpaired) electrons. The fraction of sp³-hybridized carbons (Fsp3) is 0.600. The summed E-state index contributed by atoms with van der Waals surface area (Å²) >= 11 is 1.48. The summed E-state index contributed by atoms with van der Waals surface area (Å²) in [5, 5.41) is 12.5. The molecule has 0 amide bonds. The predicted molar refractivity (Wildman–Crippen MR) is 83.4 cm³/mol. The van der Waals surface area contributed by atoms with Crippen LogP contribution in [0.15, 0.2) is 5.38 Å². The van der Waals surface area contributed by atoms with Crippen LogP contribution in [0.5, 0.6) is 0 Å². The number of nitrogens with two attached hydrogens (primary N) is 2. The largest absolute Gasteiger partial charge is 0.370 e. The molecule has 8 heteroatoms. The van der Waals surface area contributed by atoms with Crippen molar-refractivity contribution in [1.29, 1.82) is 5.41 Å². The maximum absolute atomic E-state index is 7.08. The molecule has 0 saturated heterocycles. The SMILES string of the molecule is Cl.Cl.N=C(N)Nc1nc(CCCCCCN)cs1. The molecule has 106 valence electrons. The maximum Gasteiger partial charge on any atom is 0.192 e. The van der Waals surface area contributed by atoms with E-state index in [1.807, 2.05) is 5.38 Å². The van der Waals surface area contributed by atoms with Gasteiger partial charge in [-0.2, -0.15) is 0 Å². The third kappa shape index (κ3) is 8.52. The summed E-state index contributed by atoms with van der Waals surface area (Å²) in [6.45, 7) is 0.781. The summed E-state index contributed by atoms with van der Waals surface area (Å²) in [5.74, 6) is -0.0659. The van der Waals surface area contributed by atoms with E-state index < -0.39 is 0 Å². The normalized spacial score (nSPS) is 9.17. The number of aromatic nitrogens is 1. The second kappa shape index (κ2) is 11.5. The number of unbranched alkanes of at least 4 members (excludes halogenated alkanes) is 3. The van der Waals surface area contributed by atoms with E-state index in [1.165, 1.54) is 24.2 Å². The number of guanidine groups is 1. The van der Waals surface area contributed by atoms with Crippen molar-refractivity contribution in [3.63, 3.8) is 0 Å². The van der Waals surface area contributed by atoms with Gasteiger partial charge in [0, 0.05) is 5.38 Å². The molecule has 1 aromatic heterocycles. The Bertz CT molecular complexity index is 332. The van der Waals surface area contributed by atoms with Crippen molar-refractivity contribution in [3.05, 3.63) is 11.1 Å². The molecular weight excluding hydrogens is 293 g/mol. The zero-order chi connectivity index (χ0) is 11.8. The molecule has 0 aliphatic rings. The molecule has 0 unspecified atom stereocenters. The van der Waals surface area contributed by atoms with E-state index in [0.29, 0.717) is 5.13 Å². The number of nitrogens with zero attached hydrogens (tertiary/aromatic N) is 1. The molecule has 1 aromatic rings. The molecule has 5 nitrogen and oxygen atoms in total. The molecule has 0 saturated carbocycles. The van der Waals surface area contributed by atoms with Gasteiger partial charge < -0.3 is 16.8 Å². The Kier molecular flexibility index (Phi) is 12.7. The zero-order valence-corrected chi connectivity index (χ0v) is 12.6. The first-order valence-electron chi connectivity index (χ1n) is 5.48. The lowest BCUT2D eigenvalue weighted by Gasteiger charge is -1.98. The van der Waals surface area contributed by atoms with Gasteiger partial charge in [-0.25, -0.2) is 4.98 Å². The molecule has 0 spiro atoms. The Balaban J connectivity index is 0. The average Bonchev–Trinajstić information content (AvgIpc) is 2.64. The first-order chi connectivity index (χ1) is 7.72. The van der Waals surface area contributed by atoms with Crippen molar-refractivity contribution in [2.75, 3.05) is 11.9 Å². The van der Waals surface area contributed by atoms with E-state index in [0.717, 1.165) is 31.5 Å². The van der Waals surface area contributed by atoms with Crippen molar-refractivity contribution in [2.24, 2.45) is 11.5 Å². The molecule has 0 aliphatic carbocycles. The lowest BCUT2D eigenvalue weighted by Crippen LogP contribution is -2.20. The molecule has 0 aromatic carbocycles. The number of anilines is 1. The van der Waals surface area contributed by atoms with Gasteiger partial charge in [0.05, 0.1) is 5.69 Å². The van der Waals surface area contributed by atoms with E-state index in [1.54, 1.807) is 0 Å². The fourth-order valence-electron chi connectivity index (χ4n) is 1.40. The fourth-order valence-corrected chi connectivity index (χ4v) is 2.16. The molecule has 0 bridgehead atoms. The minimum Gasteiger partial charge on any atom is -0.370 e. The minimum absolute atomic E-state index is 0. The molecule has 0 fully saturated rings. The van der Waals surface area contributed by atoms with E-state index in [-0.39, 0.29) is 30.8 Å². The highest BCUT2D eigenvalue weighted by Crippen LogP contribution is 2.16. The van der Waals surface area contributed by atoms with Crippen LogP contribution < -0.4 is 16.8 Å². The van der Waals surface area contributed by atoms with Gasteiger partial charge in [0.15, 0.2) is 11.1 Å². The van der Waals surface area contributed by atoms with Gasteiger partial charge in [-0.3, -0.25) is 5.41 Å². The lowest BCUT2D eigenvalue weighted by molar-refractivity contribution is 0.643. The van der Waals surface area contributed by atoms with E-state index in [4.69, 9.17) is 16.9 Å². The summed E-state index contributed by atoms with van der Waals surface area (Å²) < 4.78 is 0. The molecule has 18 heavy (non-hydrogen) atoms. The Labute approximate surface area is 124 Å². The van der Waals surface area contributed by atoms with Gasteiger partial charge in [0.1, 0.15) is 0 Å². The van der Waals surface area contributed by atoms with Gasteiger partial charge in [-0.15, -0.1) is 36.2 Å². The van der Waals surface area contributed by atoms with Crippen molar-refractivity contribution >= 4 is 47.2 Å². The van der Waals surface area contributed by atoms with Gasteiger partial charge in [0.2, 0.25) is 0 Å². The first-order valence-corrected chi connectivity index (χ1v) is 6.36. The summed E-state index contributed by atoms with van der Waals surface area (Å²) in [7, 11) is 0. The molecular formula is C10H21Cl2N5S. The number of hydrogen-bond acceptors (Lipinski definition) is 4. The highest BCUT2D eigenvalue weighted by Gasteiger charge is 2.01. The lowest BCUT2D eigenvalue weighted by atomic mass is 10.1. The van der Waals surface area contributed by atoms with E-state index >= 15 is 0 Å². The smallest absolute Gasteiger partial charge is 0.192 e. The van der Waals surface area contributed by atoms with Crippen molar-refractivity contribution in [1.82, 2.24) is 4.98 Å². The molecule has 1 heterocycles. The monoisotopic (exact) mass is 313 g/mol. The molecule has 6 N–H and O–H groups in total. The summed E-state index contributed by atoms with van der Waals surface area (Å²) in [6, 6.07) is 0. The third-order valence-electron chi connectivity index (χ3n) is 2.18. The summed E-state index contributed by atoms with van der Waals surface area (Å²) in [5.41, 5.74) is 11.7. The van der Waals surface area contributed by atoms with Crippen LogP contribution in [0, 0.1) is 5.41 Å². The van der Waals surface area contributed by atoms with E-state index in [9.17, 15) is 0 Å². The average molecular weight is 314 g/mol. The highest BCUT2D eigenvalue weighted by molar-refractivity contribution is 7.13. The van der Waals surface area contributed by atoms with Crippen molar-refractivity contribution in [3.8, 4) is 0 Å². The van der Waals surface area contributed by atoms with Gasteiger partial charge in [0.25, 0.3) is 0 Å². The van der Waals surface area contributed by atoms with Crippen LogP contribution >= 0.6 is 36.2 Å². The van der Waals surface area contributed by atoms with Crippen LogP contribution in [0.3, 0.4) is 0 Å². The molecule has 0 aliphatic heterocycles. The van der Waals surface area contributed by atoms with Gasteiger partial charge >= 0.3 is 0 Å². The van der Waals surface area contributed by atoms with Crippen molar-refractivity contribution in [2.45, 2.75) is 32.1 Å². The number of thiazole rings is 1. The van der Waals surface area contributed by atoms with Crippen LogP contribution in [-0.2, 0) is 6.42 Å². The highest BCUT2D eigenvalue weighted by atomic mass is 35.5. The van der Waals surface area contributed by atoms with Gasteiger partial charge in [-0.1, -0.05) is 12.8 Å². The standard InChI is InChI=1S/C10H19N5S.2ClH/c11-6-4-2-1-3-5-8-7-16-10(14-8)15-9(12)13;;/h7H,1-6,11H2,(H4,12,13,14,15);2*1H. The number of hydrogen-bond donors (Lipinski definition) is 4. The maximum atomic E-state index is 7.08. The summed E-state index contributed by atoms with van der Waals surface area (Å²) in [4.78, 5) is 4.33. The zero-order valence-electron chi connectivity index (χ0n) is 10.1. The quantitative estimate of drug-likeness (QED) is 0.352. The molecule has 1 rings (SSSR count). The van der Waals surface area contributed by atoms with Crippen LogP contribution in [0.2, 0.25) is 0 Å². The number of rotatable bonds is 7. The Morgan fingerprint density at radius 1 is 1.28 bits per heavy atom. The van der Waals surface area contributed by atoms with Gasteiger partial charge in [-0.05, 0) is 25.8 Å². The number of nitrogens with one attached hydrogen (secondary N) is 2.